The quantitative estimate of drug-likeness (QED) is 0.904. The lowest BCUT2D eigenvalue weighted by Crippen LogP contribution is -2.31. The van der Waals surface area contributed by atoms with Crippen molar-refractivity contribution in [3.05, 3.63) is 23.8 Å². The van der Waals surface area contributed by atoms with Crippen molar-refractivity contribution < 1.29 is 9.47 Å². The highest BCUT2D eigenvalue weighted by atomic mass is 32.2. The molecular weight excluding hydrogens is 270 g/mol. The zero-order chi connectivity index (χ0) is 13.8. The summed E-state index contributed by atoms with van der Waals surface area (Å²) in [7, 11) is 1.71. The molecule has 0 bridgehead atoms. The minimum absolute atomic E-state index is 0.364. The molecule has 1 aromatic rings. The van der Waals surface area contributed by atoms with Gasteiger partial charge >= 0.3 is 0 Å². The molecule has 0 aliphatic carbocycles. The number of nitrogens with one attached hydrogen (secondary N) is 1. The highest BCUT2D eigenvalue weighted by Crippen LogP contribution is 2.33. The molecule has 2 saturated heterocycles. The van der Waals surface area contributed by atoms with Crippen LogP contribution >= 0.6 is 11.8 Å². The smallest absolute Gasteiger partial charge is 0.161 e. The van der Waals surface area contributed by atoms with Gasteiger partial charge in [-0.3, -0.25) is 0 Å². The Labute approximate surface area is 125 Å². The molecule has 3 nitrogen and oxygen atoms in total. The molecule has 2 aliphatic rings. The monoisotopic (exact) mass is 293 g/mol. The van der Waals surface area contributed by atoms with Gasteiger partial charge in [-0.2, -0.15) is 11.8 Å². The molecule has 1 N–H and O–H groups in total. The van der Waals surface area contributed by atoms with E-state index in [0.29, 0.717) is 6.10 Å². The Morgan fingerprint density at radius 2 is 2.00 bits per heavy atom. The normalized spacial score (nSPS) is 20.4. The maximum atomic E-state index is 6.04. The van der Waals surface area contributed by atoms with E-state index < -0.39 is 0 Å². The van der Waals surface area contributed by atoms with E-state index in [2.05, 4.69) is 23.5 Å². The van der Waals surface area contributed by atoms with Gasteiger partial charge in [0.1, 0.15) is 6.10 Å². The second-order valence-corrected chi connectivity index (χ2v) is 6.73. The summed E-state index contributed by atoms with van der Waals surface area (Å²) in [5, 5.41) is 3.42. The summed E-state index contributed by atoms with van der Waals surface area (Å²) in [5.74, 6) is 4.78. The van der Waals surface area contributed by atoms with Crippen LogP contribution < -0.4 is 14.8 Å². The molecule has 1 aromatic carbocycles. The maximum absolute atomic E-state index is 6.04. The van der Waals surface area contributed by atoms with Crippen LogP contribution in [0.25, 0.3) is 0 Å². The minimum Gasteiger partial charge on any atom is -0.493 e. The van der Waals surface area contributed by atoms with Gasteiger partial charge in [0.2, 0.25) is 0 Å². The molecule has 110 valence electrons. The summed E-state index contributed by atoms with van der Waals surface area (Å²) in [4.78, 5) is 0. The van der Waals surface area contributed by atoms with Gasteiger partial charge < -0.3 is 14.8 Å². The van der Waals surface area contributed by atoms with Gasteiger partial charge in [0.25, 0.3) is 0 Å². The zero-order valence-electron chi connectivity index (χ0n) is 12.1. The molecular formula is C16H23NO2S. The van der Waals surface area contributed by atoms with Crippen LogP contribution in [0.2, 0.25) is 0 Å². The number of rotatable bonds is 5. The van der Waals surface area contributed by atoms with E-state index in [-0.39, 0.29) is 0 Å². The van der Waals surface area contributed by atoms with Crippen LogP contribution in [0.1, 0.15) is 18.4 Å². The Morgan fingerprint density at radius 3 is 2.65 bits per heavy atom. The van der Waals surface area contributed by atoms with Gasteiger partial charge in [0.15, 0.2) is 11.5 Å². The van der Waals surface area contributed by atoms with Crippen molar-refractivity contribution in [2.24, 2.45) is 5.92 Å². The summed E-state index contributed by atoms with van der Waals surface area (Å²) in [6.07, 6.45) is 4.08. The molecule has 0 atom stereocenters. The van der Waals surface area contributed by atoms with Crippen molar-refractivity contribution in [3.63, 3.8) is 0 Å². The summed E-state index contributed by atoms with van der Waals surface area (Å²) in [5.41, 5.74) is 1.37. The Bertz CT molecular complexity index is 442. The molecule has 0 saturated carbocycles. The molecule has 0 amide bonds. The van der Waals surface area contributed by atoms with E-state index >= 15 is 0 Å². The predicted molar refractivity (Wildman–Crippen MR) is 84.0 cm³/mol. The predicted octanol–water partition coefficient (Wildman–Crippen LogP) is 2.73. The second-order valence-electron chi connectivity index (χ2n) is 5.66. The summed E-state index contributed by atoms with van der Waals surface area (Å²) >= 11 is 1.94. The van der Waals surface area contributed by atoms with Gasteiger partial charge in [0, 0.05) is 11.5 Å². The van der Waals surface area contributed by atoms with E-state index in [1.54, 1.807) is 7.11 Å². The molecule has 2 aliphatic heterocycles. The van der Waals surface area contributed by atoms with Crippen LogP contribution in [0.15, 0.2) is 18.2 Å². The highest BCUT2D eigenvalue weighted by Gasteiger charge is 2.22. The number of methoxy groups -OCH3 is 1. The first-order valence-electron chi connectivity index (χ1n) is 7.47. The molecule has 0 aromatic heterocycles. The first-order valence-corrected chi connectivity index (χ1v) is 8.62. The van der Waals surface area contributed by atoms with Gasteiger partial charge in [-0.25, -0.2) is 0 Å². The Balaban J connectivity index is 1.68. The van der Waals surface area contributed by atoms with Gasteiger partial charge in [-0.15, -0.1) is 0 Å². The van der Waals surface area contributed by atoms with Crippen LogP contribution in [0.5, 0.6) is 11.5 Å². The minimum atomic E-state index is 0.364. The van der Waals surface area contributed by atoms with Crippen molar-refractivity contribution in [2.75, 3.05) is 31.7 Å². The lowest BCUT2D eigenvalue weighted by Gasteiger charge is -2.27. The molecule has 0 radical (unpaired) electrons. The first-order chi connectivity index (χ1) is 9.85. The fraction of sp³-hybridized carbons (Fsp3) is 0.625. The third-order valence-corrected chi connectivity index (χ3v) is 5.33. The second kappa shape index (κ2) is 6.72. The average Bonchev–Trinajstić information content (AvgIpc) is 2.44. The third-order valence-electron chi connectivity index (χ3n) is 4.11. The van der Waals surface area contributed by atoms with Crippen LogP contribution in [-0.2, 0) is 6.42 Å². The number of hydrogen-bond donors (Lipinski definition) is 1. The van der Waals surface area contributed by atoms with E-state index in [4.69, 9.17) is 9.47 Å². The largest absolute Gasteiger partial charge is 0.493 e. The number of thioether (sulfide) groups is 1. The van der Waals surface area contributed by atoms with Crippen molar-refractivity contribution >= 4 is 11.8 Å². The number of hydrogen-bond acceptors (Lipinski definition) is 4. The van der Waals surface area contributed by atoms with Gasteiger partial charge in [0.05, 0.1) is 7.11 Å². The van der Waals surface area contributed by atoms with Crippen molar-refractivity contribution in [3.8, 4) is 11.5 Å². The van der Waals surface area contributed by atoms with Crippen molar-refractivity contribution in [1.82, 2.24) is 5.32 Å². The average molecular weight is 293 g/mol. The Morgan fingerprint density at radius 1 is 1.20 bits per heavy atom. The first kappa shape index (κ1) is 14.1. The summed E-state index contributed by atoms with van der Waals surface area (Å²) in [6, 6.07) is 6.42. The molecule has 20 heavy (non-hydrogen) atoms. The Hall–Kier alpha value is -0.870. The standard InChI is InChI=1S/C16H23NO2S/c1-18-15-3-2-13(8-12-4-6-17-7-5-12)9-16(15)19-14-10-20-11-14/h2-3,9,12,14,17H,4-8,10-11H2,1H3. The maximum Gasteiger partial charge on any atom is 0.161 e. The molecule has 3 rings (SSSR count). The van der Waals surface area contributed by atoms with E-state index in [9.17, 15) is 0 Å². The highest BCUT2D eigenvalue weighted by molar-refractivity contribution is 8.00. The molecule has 2 heterocycles. The Kier molecular flexibility index (Phi) is 4.73. The van der Waals surface area contributed by atoms with Gasteiger partial charge in [-0.1, -0.05) is 6.07 Å². The van der Waals surface area contributed by atoms with Crippen LogP contribution in [0.4, 0.5) is 0 Å². The lowest BCUT2D eigenvalue weighted by atomic mass is 9.91. The van der Waals surface area contributed by atoms with E-state index in [0.717, 1.165) is 48.4 Å². The molecule has 4 heteroatoms. The SMILES string of the molecule is COc1ccc(CC2CCNCC2)cc1OC1CSC1. The van der Waals surface area contributed by atoms with Crippen molar-refractivity contribution in [1.29, 1.82) is 0 Å². The lowest BCUT2D eigenvalue weighted by molar-refractivity contribution is 0.228. The fourth-order valence-electron chi connectivity index (χ4n) is 2.82. The number of ether oxygens (including phenoxy) is 2. The number of benzene rings is 1. The van der Waals surface area contributed by atoms with E-state index in [1.807, 2.05) is 11.8 Å². The fourth-order valence-corrected chi connectivity index (χ4v) is 3.39. The van der Waals surface area contributed by atoms with Gasteiger partial charge in [-0.05, 0) is 56.0 Å². The van der Waals surface area contributed by atoms with Crippen LogP contribution in [-0.4, -0.2) is 37.8 Å². The van der Waals surface area contributed by atoms with Crippen LogP contribution in [0.3, 0.4) is 0 Å². The molecule has 0 unspecified atom stereocenters. The summed E-state index contributed by atoms with van der Waals surface area (Å²) < 4.78 is 11.5. The van der Waals surface area contributed by atoms with Crippen LogP contribution in [0, 0.1) is 5.92 Å². The van der Waals surface area contributed by atoms with Crippen molar-refractivity contribution in [2.45, 2.75) is 25.4 Å². The zero-order valence-corrected chi connectivity index (χ0v) is 12.9. The molecule has 2 fully saturated rings. The summed E-state index contributed by atoms with van der Waals surface area (Å²) in [6.45, 7) is 2.31. The topological polar surface area (TPSA) is 30.5 Å². The molecule has 0 spiro atoms. The number of piperidine rings is 1. The third kappa shape index (κ3) is 3.41. The van der Waals surface area contributed by atoms with E-state index in [1.165, 1.54) is 18.4 Å².